The fraction of sp³-hybridized carbons (Fsp3) is 0.333. The number of nitrogens with zero attached hydrogens (tertiary/aromatic N) is 2. The summed E-state index contributed by atoms with van der Waals surface area (Å²) < 4.78 is 0. The maximum atomic E-state index is 9.85. The lowest BCUT2D eigenvalue weighted by Crippen LogP contribution is -1.90. The van der Waals surface area contributed by atoms with Gasteiger partial charge >= 0.3 is 0 Å². The first-order chi connectivity index (χ1) is 7.36. The number of hydrogen-bond donors (Lipinski definition) is 0. The van der Waals surface area contributed by atoms with E-state index < -0.39 is 0 Å². The van der Waals surface area contributed by atoms with Crippen molar-refractivity contribution < 1.29 is 4.79 Å². The number of aliphatic imine (C=N–C) groups is 1. The summed E-state index contributed by atoms with van der Waals surface area (Å²) in [6, 6.07) is 10.2. The van der Waals surface area contributed by atoms with Crippen molar-refractivity contribution in [3.8, 4) is 6.07 Å². The summed E-state index contributed by atoms with van der Waals surface area (Å²) >= 11 is 0. The summed E-state index contributed by atoms with van der Waals surface area (Å²) in [5, 5.41) is 8.43. The monoisotopic (exact) mass is 200 g/mol. The highest BCUT2D eigenvalue weighted by molar-refractivity contribution is 5.33. The van der Waals surface area contributed by atoms with E-state index in [2.05, 4.69) is 11.1 Å². The Hall–Kier alpha value is -1.91. The van der Waals surface area contributed by atoms with Gasteiger partial charge in [-0.05, 0) is 24.0 Å². The number of nitriles is 1. The molecule has 76 valence electrons. The summed E-state index contributed by atoms with van der Waals surface area (Å²) in [5.41, 5.74) is 2.31. The van der Waals surface area contributed by atoms with Gasteiger partial charge < -0.3 is 0 Å². The predicted octanol–water partition coefficient (Wildman–Crippen LogP) is 2.02. The molecule has 0 aliphatic carbocycles. The first-order valence-corrected chi connectivity index (χ1v) is 4.85. The number of carbonyl (C=O) groups excluding carboxylic acids is 1. The van der Waals surface area contributed by atoms with E-state index in [0.717, 1.165) is 18.4 Å². The minimum atomic E-state index is 0.487. The molecule has 0 radical (unpaired) electrons. The third-order valence-corrected chi connectivity index (χ3v) is 2.13. The Kier molecular flexibility index (Phi) is 4.86. The molecule has 0 bridgehead atoms. The maximum Gasteiger partial charge on any atom is 0.234 e. The number of benzene rings is 1. The predicted molar refractivity (Wildman–Crippen MR) is 57.1 cm³/mol. The second-order valence-electron chi connectivity index (χ2n) is 3.20. The molecule has 0 heterocycles. The molecule has 1 aromatic rings. The SMILES string of the molecule is N#CCCc1ccc(CCN=C=O)cc1. The van der Waals surface area contributed by atoms with Gasteiger partial charge in [0.15, 0.2) is 0 Å². The van der Waals surface area contributed by atoms with E-state index >= 15 is 0 Å². The highest BCUT2D eigenvalue weighted by Crippen LogP contribution is 2.07. The number of isocyanates is 1. The topological polar surface area (TPSA) is 53.2 Å². The van der Waals surface area contributed by atoms with E-state index in [-0.39, 0.29) is 0 Å². The summed E-state index contributed by atoms with van der Waals surface area (Å²) in [6.45, 7) is 0.487. The first-order valence-electron chi connectivity index (χ1n) is 4.85. The van der Waals surface area contributed by atoms with Gasteiger partial charge in [0.2, 0.25) is 6.08 Å². The molecule has 15 heavy (non-hydrogen) atoms. The third-order valence-electron chi connectivity index (χ3n) is 2.13. The lowest BCUT2D eigenvalue weighted by atomic mass is 10.1. The van der Waals surface area contributed by atoms with E-state index in [1.165, 1.54) is 11.6 Å². The first kappa shape index (κ1) is 11.2. The average molecular weight is 200 g/mol. The summed E-state index contributed by atoms with van der Waals surface area (Å²) in [7, 11) is 0. The van der Waals surface area contributed by atoms with E-state index in [9.17, 15) is 4.79 Å². The van der Waals surface area contributed by atoms with Crippen molar-refractivity contribution in [3.05, 3.63) is 35.4 Å². The second kappa shape index (κ2) is 6.53. The van der Waals surface area contributed by atoms with Crippen LogP contribution in [0.1, 0.15) is 17.5 Å². The Morgan fingerprint density at radius 3 is 2.27 bits per heavy atom. The molecule has 0 unspecified atom stereocenters. The Morgan fingerprint density at radius 2 is 1.73 bits per heavy atom. The normalized spacial score (nSPS) is 9.00. The molecule has 0 saturated carbocycles. The molecule has 0 amide bonds. The van der Waals surface area contributed by atoms with E-state index in [4.69, 9.17) is 5.26 Å². The van der Waals surface area contributed by atoms with Crippen molar-refractivity contribution in [1.82, 2.24) is 0 Å². The van der Waals surface area contributed by atoms with Gasteiger partial charge in [-0.1, -0.05) is 24.3 Å². The summed E-state index contributed by atoms with van der Waals surface area (Å²) in [6.07, 6.45) is 3.62. The number of rotatable bonds is 5. The van der Waals surface area contributed by atoms with Crippen molar-refractivity contribution >= 4 is 6.08 Å². The van der Waals surface area contributed by atoms with E-state index in [0.29, 0.717) is 13.0 Å². The Morgan fingerprint density at radius 1 is 1.13 bits per heavy atom. The zero-order chi connectivity index (χ0) is 10.9. The van der Waals surface area contributed by atoms with Crippen LogP contribution in [0.4, 0.5) is 0 Å². The van der Waals surface area contributed by atoms with Crippen LogP contribution in [0.25, 0.3) is 0 Å². The standard InChI is InChI=1S/C12H12N2O/c13-8-1-2-11-3-5-12(6-4-11)7-9-14-10-15/h3-6H,1-2,7,9H2. The molecule has 0 aliphatic heterocycles. The lowest BCUT2D eigenvalue weighted by molar-refractivity contribution is 0.563. The van der Waals surface area contributed by atoms with Gasteiger partial charge in [0, 0.05) is 6.42 Å². The van der Waals surface area contributed by atoms with E-state index in [1.54, 1.807) is 0 Å². The number of hydrogen-bond acceptors (Lipinski definition) is 3. The Labute approximate surface area is 89.1 Å². The van der Waals surface area contributed by atoms with Crippen molar-refractivity contribution in [1.29, 1.82) is 5.26 Å². The van der Waals surface area contributed by atoms with Gasteiger partial charge in [-0.2, -0.15) is 5.26 Å². The fourth-order valence-electron chi connectivity index (χ4n) is 1.30. The molecular formula is C12H12N2O. The highest BCUT2D eigenvalue weighted by atomic mass is 16.1. The molecule has 0 aromatic heterocycles. The van der Waals surface area contributed by atoms with Crippen LogP contribution in [-0.2, 0) is 17.6 Å². The summed E-state index contributed by atoms with van der Waals surface area (Å²) in [5.74, 6) is 0. The van der Waals surface area contributed by atoms with Crippen molar-refractivity contribution in [2.75, 3.05) is 6.54 Å². The molecule has 0 spiro atoms. The molecule has 0 aliphatic rings. The highest BCUT2D eigenvalue weighted by Gasteiger charge is 1.94. The molecular weight excluding hydrogens is 188 g/mol. The van der Waals surface area contributed by atoms with Gasteiger partial charge in [0.25, 0.3) is 0 Å². The Balaban J connectivity index is 2.49. The zero-order valence-electron chi connectivity index (χ0n) is 8.44. The third kappa shape index (κ3) is 4.21. The van der Waals surface area contributed by atoms with Gasteiger partial charge in [-0.3, -0.25) is 0 Å². The average Bonchev–Trinajstić information content (AvgIpc) is 2.28. The Bertz CT molecular complexity index is 383. The van der Waals surface area contributed by atoms with E-state index in [1.807, 2.05) is 24.3 Å². The van der Waals surface area contributed by atoms with Crippen LogP contribution in [-0.4, -0.2) is 12.6 Å². The molecule has 0 atom stereocenters. The number of aryl methyl sites for hydroxylation is 1. The van der Waals surface area contributed by atoms with Gasteiger partial charge in [-0.15, -0.1) is 0 Å². The van der Waals surface area contributed by atoms with Crippen LogP contribution < -0.4 is 0 Å². The maximum absolute atomic E-state index is 9.85. The van der Waals surface area contributed by atoms with Crippen LogP contribution in [0.15, 0.2) is 29.3 Å². The van der Waals surface area contributed by atoms with Crippen LogP contribution in [0.5, 0.6) is 0 Å². The molecule has 0 saturated heterocycles. The van der Waals surface area contributed by atoms with Gasteiger partial charge in [0.1, 0.15) is 0 Å². The van der Waals surface area contributed by atoms with Crippen molar-refractivity contribution in [3.63, 3.8) is 0 Å². The molecule has 1 aromatic carbocycles. The zero-order valence-corrected chi connectivity index (χ0v) is 8.44. The molecule has 0 N–H and O–H groups in total. The van der Waals surface area contributed by atoms with Crippen LogP contribution in [0.2, 0.25) is 0 Å². The second-order valence-corrected chi connectivity index (χ2v) is 3.20. The van der Waals surface area contributed by atoms with Crippen molar-refractivity contribution in [2.45, 2.75) is 19.3 Å². The molecule has 3 heteroatoms. The van der Waals surface area contributed by atoms with Crippen LogP contribution in [0, 0.1) is 11.3 Å². The van der Waals surface area contributed by atoms with Gasteiger partial charge in [-0.25, -0.2) is 9.79 Å². The van der Waals surface area contributed by atoms with Gasteiger partial charge in [0.05, 0.1) is 12.6 Å². The summed E-state index contributed by atoms with van der Waals surface area (Å²) in [4.78, 5) is 13.3. The molecule has 1 rings (SSSR count). The largest absolute Gasteiger partial charge is 0.234 e. The fourth-order valence-corrected chi connectivity index (χ4v) is 1.30. The lowest BCUT2D eigenvalue weighted by Gasteiger charge is -2.00. The quantitative estimate of drug-likeness (QED) is 0.539. The molecule has 3 nitrogen and oxygen atoms in total. The van der Waals surface area contributed by atoms with Crippen LogP contribution in [0.3, 0.4) is 0 Å². The molecule has 0 fully saturated rings. The smallest absolute Gasteiger partial charge is 0.211 e. The van der Waals surface area contributed by atoms with Crippen molar-refractivity contribution in [2.24, 2.45) is 4.99 Å². The minimum absolute atomic E-state index is 0.487. The minimum Gasteiger partial charge on any atom is -0.211 e. The van der Waals surface area contributed by atoms with Crippen LogP contribution >= 0.6 is 0 Å².